The van der Waals surface area contributed by atoms with Crippen LogP contribution in [0.3, 0.4) is 0 Å². The molecule has 2 N–H and O–H groups in total. The van der Waals surface area contributed by atoms with Crippen molar-refractivity contribution < 1.29 is 14.3 Å². The molecule has 0 radical (unpaired) electrons. The van der Waals surface area contributed by atoms with Crippen LogP contribution in [0, 0.1) is 11.3 Å². The van der Waals surface area contributed by atoms with Crippen LogP contribution in [0.2, 0.25) is 0 Å². The number of hydrogen-bond donors (Lipinski definition) is 2. The van der Waals surface area contributed by atoms with Crippen LogP contribution < -0.4 is 5.32 Å². The molecule has 0 fully saturated rings. The van der Waals surface area contributed by atoms with Gasteiger partial charge in [-0.05, 0) is 30.5 Å². The van der Waals surface area contributed by atoms with Gasteiger partial charge in [-0.2, -0.15) is 5.26 Å². The van der Waals surface area contributed by atoms with Crippen LogP contribution in [0.15, 0.2) is 22.8 Å². The number of fused-ring (bicyclic) bond motifs is 1. The standard InChI is InChI=1S/C17H18N2O3S/c1-10(14-3-2-6-22-14)7-16(21)19-17-13(9-18)12-5-4-11(20)8-15(12)23-17/h2-3,6,10-11,20H,4-5,7-8H2,1H3,(H,19,21). The lowest BCUT2D eigenvalue weighted by atomic mass is 9.94. The van der Waals surface area contributed by atoms with Crippen molar-refractivity contribution in [3.05, 3.63) is 40.2 Å². The third kappa shape index (κ3) is 3.31. The highest BCUT2D eigenvalue weighted by atomic mass is 32.1. The Hall–Kier alpha value is -2.10. The summed E-state index contributed by atoms with van der Waals surface area (Å²) in [5.41, 5.74) is 1.54. The summed E-state index contributed by atoms with van der Waals surface area (Å²) < 4.78 is 5.31. The largest absolute Gasteiger partial charge is 0.469 e. The average Bonchev–Trinajstić information content (AvgIpc) is 3.13. The number of nitrogens with zero attached hydrogens (tertiary/aromatic N) is 1. The molecule has 120 valence electrons. The molecular formula is C17H18N2O3S. The molecule has 0 aliphatic heterocycles. The number of nitrogens with one attached hydrogen (secondary N) is 1. The summed E-state index contributed by atoms with van der Waals surface area (Å²) in [7, 11) is 0. The number of aliphatic hydroxyl groups is 1. The first-order chi connectivity index (χ1) is 11.1. The predicted octanol–water partition coefficient (Wildman–Crippen LogP) is 3.19. The van der Waals surface area contributed by atoms with Crippen LogP contribution in [0.25, 0.3) is 0 Å². The highest BCUT2D eigenvalue weighted by molar-refractivity contribution is 7.16. The number of nitriles is 1. The van der Waals surface area contributed by atoms with Gasteiger partial charge >= 0.3 is 0 Å². The second-order valence-electron chi connectivity index (χ2n) is 5.89. The van der Waals surface area contributed by atoms with Crippen LogP contribution in [0.4, 0.5) is 5.00 Å². The number of anilines is 1. The molecule has 0 saturated carbocycles. The molecule has 2 atom stereocenters. The fourth-order valence-corrected chi connectivity index (χ4v) is 4.19. The molecule has 1 amide bonds. The number of carbonyl (C=O) groups is 1. The van der Waals surface area contributed by atoms with E-state index in [1.54, 1.807) is 12.3 Å². The zero-order chi connectivity index (χ0) is 16.4. The topological polar surface area (TPSA) is 86.3 Å². The Balaban J connectivity index is 1.73. The first kappa shape index (κ1) is 15.8. The minimum Gasteiger partial charge on any atom is -0.469 e. The van der Waals surface area contributed by atoms with Crippen molar-refractivity contribution in [1.82, 2.24) is 0 Å². The number of aliphatic hydroxyl groups excluding tert-OH is 1. The number of carbonyl (C=O) groups excluding carboxylic acids is 1. The van der Waals surface area contributed by atoms with Gasteiger partial charge < -0.3 is 14.8 Å². The van der Waals surface area contributed by atoms with Gasteiger partial charge in [0.2, 0.25) is 5.91 Å². The van der Waals surface area contributed by atoms with Crippen molar-refractivity contribution >= 4 is 22.2 Å². The van der Waals surface area contributed by atoms with Crippen LogP contribution >= 0.6 is 11.3 Å². The molecule has 0 spiro atoms. The first-order valence-corrected chi connectivity index (χ1v) is 8.46. The van der Waals surface area contributed by atoms with Gasteiger partial charge in [0, 0.05) is 23.6 Å². The van der Waals surface area contributed by atoms with E-state index in [1.165, 1.54) is 11.3 Å². The highest BCUT2D eigenvalue weighted by Crippen LogP contribution is 2.38. The van der Waals surface area contributed by atoms with Gasteiger partial charge in [0.05, 0.1) is 17.9 Å². The van der Waals surface area contributed by atoms with Crippen molar-refractivity contribution in [3.63, 3.8) is 0 Å². The molecule has 2 heterocycles. The fraction of sp³-hybridized carbons (Fsp3) is 0.412. The maximum absolute atomic E-state index is 12.3. The zero-order valence-electron chi connectivity index (χ0n) is 12.8. The molecule has 0 bridgehead atoms. The zero-order valence-corrected chi connectivity index (χ0v) is 13.7. The van der Waals surface area contributed by atoms with Crippen molar-refractivity contribution in [2.24, 2.45) is 0 Å². The third-order valence-corrected chi connectivity index (χ3v) is 5.29. The number of thiophene rings is 1. The van der Waals surface area contributed by atoms with Crippen molar-refractivity contribution in [1.29, 1.82) is 5.26 Å². The fourth-order valence-electron chi connectivity index (χ4n) is 2.90. The molecule has 1 aliphatic rings. The molecule has 2 aromatic heterocycles. The monoisotopic (exact) mass is 330 g/mol. The van der Waals surface area contributed by atoms with E-state index in [2.05, 4.69) is 11.4 Å². The van der Waals surface area contributed by atoms with E-state index in [9.17, 15) is 15.2 Å². The third-order valence-electron chi connectivity index (χ3n) is 4.12. The quantitative estimate of drug-likeness (QED) is 0.901. The molecule has 6 heteroatoms. The minimum atomic E-state index is -0.352. The van der Waals surface area contributed by atoms with Crippen LogP contribution in [-0.4, -0.2) is 17.1 Å². The van der Waals surface area contributed by atoms with E-state index in [-0.39, 0.29) is 17.9 Å². The van der Waals surface area contributed by atoms with E-state index in [0.29, 0.717) is 36.2 Å². The summed E-state index contributed by atoms with van der Waals surface area (Å²) in [5.74, 6) is 0.616. The Labute approximate surface area is 138 Å². The first-order valence-electron chi connectivity index (χ1n) is 7.64. The van der Waals surface area contributed by atoms with Gasteiger partial charge in [0.25, 0.3) is 0 Å². The van der Waals surface area contributed by atoms with Crippen molar-refractivity contribution in [2.45, 2.75) is 44.6 Å². The Morgan fingerprint density at radius 2 is 2.48 bits per heavy atom. The van der Waals surface area contributed by atoms with E-state index in [4.69, 9.17) is 4.42 Å². The molecule has 2 unspecified atom stereocenters. The van der Waals surface area contributed by atoms with E-state index in [0.717, 1.165) is 16.2 Å². The second-order valence-corrected chi connectivity index (χ2v) is 6.99. The summed E-state index contributed by atoms with van der Waals surface area (Å²) in [5, 5.41) is 22.6. The molecule has 3 rings (SSSR count). The van der Waals surface area contributed by atoms with Crippen LogP contribution in [-0.2, 0) is 17.6 Å². The summed E-state index contributed by atoms with van der Waals surface area (Å²) in [6.07, 6.45) is 3.46. The Morgan fingerprint density at radius 3 is 3.17 bits per heavy atom. The molecule has 2 aromatic rings. The SMILES string of the molecule is CC(CC(=O)Nc1sc2c(c1C#N)CCC(O)C2)c1ccco1. The minimum absolute atomic E-state index is 0.0213. The molecule has 23 heavy (non-hydrogen) atoms. The van der Waals surface area contributed by atoms with Crippen molar-refractivity contribution in [2.75, 3.05) is 5.32 Å². The predicted molar refractivity (Wildman–Crippen MR) is 87.4 cm³/mol. The molecule has 0 saturated heterocycles. The lowest BCUT2D eigenvalue weighted by molar-refractivity contribution is -0.116. The lowest BCUT2D eigenvalue weighted by Crippen LogP contribution is -2.17. The van der Waals surface area contributed by atoms with Crippen LogP contribution in [0.1, 0.15) is 47.4 Å². The number of furan rings is 1. The van der Waals surface area contributed by atoms with Gasteiger partial charge in [-0.15, -0.1) is 11.3 Å². The van der Waals surface area contributed by atoms with Gasteiger partial charge in [-0.3, -0.25) is 4.79 Å². The Bertz CT molecular complexity index is 743. The van der Waals surface area contributed by atoms with E-state index in [1.807, 2.05) is 13.0 Å². The van der Waals surface area contributed by atoms with E-state index >= 15 is 0 Å². The molecule has 5 nitrogen and oxygen atoms in total. The maximum Gasteiger partial charge on any atom is 0.225 e. The Morgan fingerprint density at radius 1 is 1.65 bits per heavy atom. The highest BCUT2D eigenvalue weighted by Gasteiger charge is 2.25. The summed E-state index contributed by atoms with van der Waals surface area (Å²) >= 11 is 1.41. The second kappa shape index (κ2) is 6.57. The summed E-state index contributed by atoms with van der Waals surface area (Å²) in [6.45, 7) is 1.93. The smallest absolute Gasteiger partial charge is 0.225 e. The molecule has 1 aliphatic carbocycles. The lowest BCUT2D eigenvalue weighted by Gasteiger charge is -2.16. The van der Waals surface area contributed by atoms with Gasteiger partial charge in [-0.25, -0.2) is 0 Å². The number of amides is 1. The number of hydrogen-bond acceptors (Lipinski definition) is 5. The van der Waals surface area contributed by atoms with Gasteiger partial charge in [0.1, 0.15) is 16.8 Å². The van der Waals surface area contributed by atoms with E-state index < -0.39 is 0 Å². The number of rotatable bonds is 4. The summed E-state index contributed by atoms with van der Waals surface area (Å²) in [6, 6.07) is 5.85. The Kier molecular flexibility index (Phi) is 4.51. The normalized spacial score (nSPS) is 18.0. The van der Waals surface area contributed by atoms with Gasteiger partial charge in [0.15, 0.2) is 0 Å². The molecular weight excluding hydrogens is 312 g/mol. The van der Waals surface area contributed by atoms with Crippen LogP contribution in [0.5, 0.6) is 0 Å². The van der Waals surface area contributed by atoms with Crippen molar-refractivity contribution in [3.8, 4) is 6.07 Å². The molecule has 0 aromatic carbocycles. The average molecular weight is 330 g/mol. The maximum atomic E-state index is 12.3. The van der Waals surface area contributed by atoms with Gasteiger partial charge in [-0.1, -0.05) is 6.92 Å². The summed E-state index contributed by atoms with van der Waals surface area (Å²) in [4.78, 5) is 13.3.